The highest BCUT2D eigenvalue weighted by Gasteiger charge is 2.35. The number of halogens is 1. The van der Waals surface area contributed by atoms with Crippen molar-refractivity contribution in [3.63, 3.8) is 0 Å². The number of fused-ring (bicyclic) bond motifs is 1. The highest BCUT2D eigenvalue weighted by Crippen LogP contribution is 2.33. The smallest absolute Gasteiger partial charge is 0.255 e. The molecule has 3 N–H and O–H groups in total. The van der Waals surface area contributed by atoms with Gasteiger partial charge in [-0.1, -0.05) is 12.1 Å². The number of aromatic nitrogens is 3. The van der Waals surface area contributed by atoms with E-state index in [9.17, 15) is 24.3 Å². The fourth-order valence-electron chi connectivity index (χ4n) is 5.17. The van der Waals surface area contributed by atoms with E-state index in [4.69, 9.17) is 0 Å². The number of benzene rings is 1. The van der Waals surface area contributed by atoms with Gasteiger partial charge in [-0.3, -0.25) is 14.6 Å². The first-order valence-electron chi connectivity index (χ1n) is 14.1. The maximum Gasteiger partial charge on any atom is 0.255 e. The Bertz CT molecular complexity index is 1720. The number of anilines is 2. The number of amides is 2. The summed E-state index contributed by atoms with van der Waals surface area (Å²) in [4.78, 5) is 32.0. The minimum absolute atomic E-state index is 0.142. The monoisotopic (exact) mass is 583 g/mol. The van der Waals surface area contributed by atoms with Gasteiger partial charge >= 0.3 is 0 Å². The van der Waals surface area contributed by atoms with Crippen LogP contribution in [0.2, 0.25) is 0 Å². The van der Waals surface area contributed by atoms with E-state index in [0.29, 0.717) is 40.3 Å². The molecule has 1 atom stereocenters. The summed E-state index contributed by atoms with van der Waals surface area (Å²) in [6, 6.07) is 16.8. The van der Waals surface area contributed by atoms with Crippen LogP contribution in [0.25, 0.3) is 16.9 Å². The predicted molar refractivity (Wildman–Crippen MR) is 160 cm³/mol. The average molecular weight is 584 g/mol. The first-order valence-corrected chi connectivity index (χ1v) is 14.1. The number of hydrogen-bond acceptors (Lipinski definition) is 7. The van der Waals surface area contributed by atoms with Crippen LogP contribution < -0.4 is 10.6 Å². The summed E-state index contributed by atoms with van der Waals surface area (Å²) >= 11 is 0. The summed E-state index contributed by atoms with van der Waals surface area (Å²) in [7, 11) is 0. The molecular weight excluding hydrogens is 549 g/mol. The molecule has 0 unspecified atom stereocenters. The molecule has 0 saturated carbocycles. The quantitative estimate of drug-likeness (QED) is 0.260. The molecule has 11 heteroatoms. The zero-order valence-electron chi connectivity index (χ0n) is 24.6. The Kier molecular flexibility index (Phi) is 7.90. The molecule has 1 fully saturated rings. The van der Waals surface area contributed by atoms with Gasteiger partial charge in [0.25, 0.3) is 5.91 Å². The Labute approximate surface area is 249 Å². The molecule has 1 saturated heterocycles. The number of aliphatic hydroxyl groups is 1. The molecule has 1 aliphatic heterocycles. The molecule has 0 bridgehead atoms. The van der Waals surface area contributed by atoms with Gasteiger partial charge in [0, 0.05) is 24.8 Å². The number of alkyl halides is 1. The lowest BCUT2D eigenvalue weighted by Crippen LogP contribution is -2.42. The molecule has 10 nitrogen and oxygen atoms in total. The van der Waals surface area contributed by atoms with E-state index in [-0.39, 0.29) is 18.0 Å². The van der Waals surface area contributed by atoms with E-state index in [1.54, 1.807) is 16.6 Å². The van der Waals surface area contributed by atoms with E-state index in [0.717, 1.165) is 18.5 Å². The molecule has 3 aromatic heterocycles. The van der Waals surface area contributed by atoms with E-state index in [1.165, 1.54) is 26.2 Å². The molecule has 0 aliphatic carbocycles. The van der Waals surface area contributed by atoms with Crippen molar-refractivity contribution in [1.29, 1.82) is 5.26 Å². The first kappa shape index (κ1) is 29.7. The lowest BCUT2D eigenvalue weighted by atomic mass is 9.92. The van der Waals surface area contributed by atoms with Gasteiger partial charge in [-0.2, -0.15) is 10.4 Å². The topological polar surface area (TPSA) is 136 Å². The fourth-order valence-corrected chi connectivity index (χ4v) is 5.17. The van der Waals surface area contributed by atoms with Gasteiger partial charge in [-0.25, -0.2) is 8.91 Å². The zero-order chi connectivity index (χ0) is 30.9. The van der Waals surface area contributed by atoms with Crippen molar-refractivity contribution < 1.29 is 19.1 Å². The van der Waals surface area contributed by atoms with Crippen molar-refractivity contribution >= 4 is 28.7 Å². The van der Waals surface area contributed by atoms with Crippen molar-refractivity contribution in [2.75, 3.05) is 18.4 Å². The predicted octanol–water partition coefficient (Wildman–Crippen LogP) is 4.71. The molecule has 43 heavy (non-hydrogen) atoms. The van der Waals surface area contributed by atoms with Gasteiger partial charge in [0.2, 0.25) is 5.91 Å². The second kappa shape index (κ2) is 11.5. The normalized spacial score (nSPS) is 14.5. The second-order valence-corrected chi connectivity index (χ2v) is 11.8. The van der Waals surface area contributed by atoms with Crippen LogP contribution in [-0.2, 0) is 10.3 Å². The van der Waals surface area contributed by atoms with E-state index in [1.807, 2.05) is 55.1 Å². The SMILES string of the molecule is CC(C)(O)[C@H](F)CNC(=O)c1cnc(-c2ccc3cc(C#N)cnn23)cc1Nc1ccc(C(C)(C)N2CCCC2=O)cc1. The summed E-state index contributed by atoms with van der Waals surface area (Å²) < 4.78 is 16.1. The molecule has 0 radical (unpaired) electrons. The standard InChI is InChI=1S/C32H34FN7O3/c1-31(2,39-13-5-6-29(39)41)21-7-9-22(10-8-21)38-25-15-26(27-12-11-23-14-20(16-34)17-37-40(23)27)35-18-24(25)30(42)36-19-28(33)32(3,4)43/h7-12,14-15,17-18,28,43H,5-6,13,19H2,1-4H3,(H,35,38)(H,36,42)/t28-/m1/s1. The summed E-state index contributed by atoms with van der Waals surface area (Å²) in [5.74, 6) is -0.418. The first-order chi connectivity index (χ1) is 20.4. The third-order valence-electron chi connectivity index (χ3n) is 7.87. The van der Waals surface area contributed by atoms with E-state index >= 15 is 0 Å². The molecule has 4 heterocycles. The van der Waals surface area contributed by atoms with Crippen LogP contribution in [0.5, 0.6) is 0 Å². The molecule has 5 rings (SSSR count). The van der Waals surface area contributed by atoms with Crippen LogP contribution in [0.15, 0.2) is 60.9 Å². The molecule has 1 aromatic carbocycles. The minimum Gasteiger partial charge on any atom is -0.387 e. The van der Waals surface area contributed by atoms with Crippen LogP contribution >= 0.6 is 0 Å². The Morgan fingerprint density at radius 3 is 2.53 bits per heavy atom. The Balaban J connectivity index is 1.47. The average Bonchev–Trinajstić information content (AvgIpc) is 3.61. The molecule has 0 spiro atoms. The molecule has 222 valence electrons. The number of carbonyl (C=O) groups excluding carboxylic acids is 2. The van der Waals surface area contributed by atoms with Crippen molar-refractivity contribution in [3.05, 3.63) is 77.6 Å². The number of likely N-dealkylation sites (tertiary alicyclic amines) is 1. The van der Waals surface area contributed by atoms with Crippen molar-refractivity contribution in [3.8, 4) is 17.5 Å². The molecule has 1 aliphatic rings. The molecular formula is C32H34FN7O3. The number of carbonyl (C=O) groups is 2. The van der Waals surface area contributed by atoms with Crippen LogP contribution in [-0.4, -0.2) is 61.3 Å². The van der Waals surface area contributed by atoms with Gasteiger partial charge in [0.15, 0.2) is 0 Å². The zero-order valence-corrected chi connectivity index (χ0v) is 24.6. The van der Waals surface area contributed by atoms with Crippen molar-refractivity contribution in [1.82, 2.24) is 24.8 Å². The Morgan fingerprint density at radius 2 is 1.88 bits per heavy atom. The van der Waals surface area contributed by atoms with Crippen molar-refractivity contribution in [2.24, 2.45) is 0 Å². The number of hydrogen-bond donors (Lipinski definition) is 3. The third kappa shape index (κ3) is 6.05. The second-order valence-electron chi connectivity index (χ2n) is 11.8. The maximum atomic E-state index is 14.4. The van der Waals surface area contributed by atoms with Gasteiger partial charge in [0.1, 0.15) is 12.2 Å². The summed E-state index contributed by atoms with van der Waals surface area (Å²) in [6.45, 7) is 7.07. The van der Waals surface area contributed by atoms with Gasteiger partial charge in [-0.05, 0) is 76.1 Å². The summed E-state index contributed by atoms with van der Waals surface area (Å²) in [5, 5.41) is 29.4. The van der Waals surface area contributed by atoms with Crippen LogP contribution in [0.1, 0.15) is 62.0 Å². The van der Waals surface area contributed by atoms with Crippen molar-refractivity contribution in [2.45, 2.75) is 57.8 Å². The van der Waals surface area contributed by atoms with Crippen LogP contribution in [0.3, 0.4) is 0 Å². The number of rotatable bonds is 9. The van der Waals surface area contributed by atoms with Gasteiger partial charge in [0.05, 0.1) is 57.6 Å². The lowest BCUT2D eigenvalue weighted by molar-refractivity contribution is -0.132. The van der Waals surface area contributed by atoms with E-state index < -0.39 is 23.2 Å². The fraction of sp³-hybridized carbons (Fsp3) is 0.344. The third-order valence-corrected chi connectivity index (χ3v) is 7.87. The highest BCUT2D eigenvalue weighted by molar-refractivity contribution is 6.00. The van der Waals surface area contributed by atoms with Crippen LogP contribution in [0, 0.1) is 11.3 Å². The van der Waals surface area contributed by atoms with Gasteiger partial charge in [-0.15, -0.1) is 0 Å². The number of nitrogens with zero attached hydrogens (tertiary/aromatic N) is 5. The molecule has 2 amide bonds. The Hall–Kier alpha value is -4.82. The summed E-state index contributed by atoms with van der Waals surface area (Å²) in [6.07, 6.45) is 2.61. The lowest BCUT2D eigenvalue weighted by Gasteiger charge is -2.36. The Morgan fingerprint density at radius 1 is 1.14 bits per heavy atom. The van der Waals surface area contributed by atoms with Crippen LogP contribution in [0.4, 0.5) is 15.8 Å². The number of pyridine rings is 1. The summed E-state index contributed by atoms with van der Waals surface area (Å²) in [5.41, 5.74) is 2.48. The number of nitriles is 1. The largest absolute Gasteiger partial charge is 0.387 e. The molecule has 4 aromatic rings. The highest BCUT2D eigenvalue weighted by atomic mass is 19.1. The number of nitrogens with one attached hydrogen (secondary N) is 2. The maximum absolute atomic E-state index is 14.4. The van der Waals surface area contributed by atoms with Gasteiger partial charge < -0.3 is 20.6 Å². The van der Waals surface area contributed by atoms with E-state index in [2.05, 4.69) is 26.8 Å². The minimum atomic E-state index is -1.67.